The average molecular weight is 423 g/mol. The SMILES string of the molecule is CCOC(=O)CC(=O)OCC.O=C(c1ccccc1)c1cc(F)c([N+](=O)[O-])cc1F. The van der Waals surface area contributed by atoms with Crippen molar-refractivity contribution in [2.75, 3.05) is 13.2 Å². The fraction of sp³-hybridized carbons (Fsp3) is 0.250. The molecule has 0 aliphatic carbocycles. The molecule has 0 aliphatic rings. The molecular weight excluding hydrogens is 404 g/mol. The summed E-state index contributed by atoms with van der Waals surface area (Å²) in [4.78, 5) is 42.5. The van der Waals surface area contributed by atoms with Crippen molar-refractivity contribution in [2.45, 2.75) is 20.3 Å². The van der Waals surface area contributed by atoms with E-state index in [1.54, 1.807) is 32.0 Å². The number of ether oxygens (including phenoxy) is 2. The van der Waals surface area contributed by atoms with Crippen molar-refractivity contribution in [1.29, 1.82) is 0 Å². The number of nitro benzene ring substituents is 1. The Bertz CT molecular complexity index is 901. The predicted molar refractivity (Wildman–Crippen MR) is 101 cm³/mol. The van der Waals surface area contributed by atoms with Gasteiger partial charge in [-0.3, -0.25) is 24.5 Å². The van der Waals surface area contributed by atoms with Gasteiger partial charge in [-0.15, -0.1) is 0 Å². The minimum atomic E-state index is -1.24. The number of ketones is 1. The van der Waals surface area contributed by atoms with E-state index in [-0.39, 0.29) is 25.2 Å². The maximum absolute atomic E-state index is 13.6. The minimum absolute atomic E-state index is 0.176. The van der Waals surface area contributed by atoms with Gasteiger partial charge in [-0.1, -0.05) is 30.3 Å². The van der Waals surface area contributed by atoms with Gasteiger partial charge in [0, 0.05) is 5.56 Å². The number of carbonyl (C=O) groups is 3. The van der Waals surface area contributed by atoms with Crippen molar-refractivity contribution >= 4 is 23.4 Å². The van der Waals surface area contributed by atoms with Crippen LogP contribution in [0.2, 0.25) is 0 Å². The van der Waals surface area contributed by atoms with Crippen molar-refractivity contribution in [3.63, 3.8) is 0 Å². The first-order chi connectivity index (χ1) is 14.2. The van der Waals surface area contributed by atoms with Gasteiger partial charge in [-0.25, -0.2) is 4.39 Å². The van der Waals surface area contributed by atoms with Gasteiger partial charge in [0.05, 0.1) is 29.8 Å². The lowest BCUT2D eigenvalue weighted by atomic mass is 10.0. The Balaban J connectivity index is 0.000000352. The van der Waals surface area contributed by atoms with Gasteiger partial charge < -0.3 is 9.47 Å². The molecule has 0 fully saturated rings. The van der Waals surface area contributed by atoms with Crippen LogP contribution in [0.25, 0.3) is 0 Å². The zero-order valence-corrected chi connectivity index (χ0v) is 16.2. The molecule has 0 saturated heterocycles. The van der Waals surface area contributed by atoms with Crippen LogP contribution in [0.15, 0.2) is 42.5 Å². The molecule has 2 aromatic carbocycles. The Hall–Kier alpha value is -3.69. The lowest BCUT2D eigenvalue weighted by Crippen LogP contribution is -2.13. The maximum atomic E-state index is 13.6. The number of halogens is 2. The molecule has 0 bridgehead atoms. The summed E-state index contributed by atoms with van der Waals surface area (Å²) in [7, 11) is 0. The van der Waals surface area contributed by atoms with Crippen LogP contribution < -0.4 is 0 Å². The second-order valence-electron chi connectivity index (χ2n) is 5.52. The van der Waals surface area contributed by atoms with Crippen LogP contribution in [0.1, 0.15) is 36.2 Å². The number of nitrogens with zero attached hydrogens (tertiary/aromatic N) is 1. The van der Waals surface area contributed by atoms with Crippen molar-refractivity contribution in [3.05, 3.63) is 75.3 Å². The molecule has 8 nitrogen and oxygen atoms in total. The van der Waals surface area contributed by atoms with E-state index in [9.17, 15) is 33.3 Å². The average Bonchev–Trinajstić information content (AvgIpc) is 2.70. The van der Waals surface area contributed by atoms with Crippen molar-refractivity contribution in [1.82, 2.24) is 0 Å². The van der Waals surface area contributed by atoms with Crippen LogP contribution in [-0.4, -0.2) is 35.9 Å². The van der Waals surface area contributed by atoms with Gasteiger partial charge >= 0.3 is 17.6 Å². The van der Waals surface area contributed by atoms with Crippen LogP contribution in [0.3, 0.4) is 0 Å². The zero-order chi connectivity index (χ0) is 22.7. The summed E-state index contributed by atoms with van der Waals surface area (Å²) in [5.41, 5.74) is -1.36. The van der Waals surface area contributed by atoms with Gasteiger partial charge in [-0.2, -0.15) is 4.39 Å². The molecule has 0 saturated carbocycles. The number of hydrogen-bond donors (Lipinski definition) is 0. The maximum Gasteiger partial charge on any atom is 0.317 e. The highest BCUT2D eigenvalue weighted by Gasteiger charge is 2.22. The molecule has 0 atom stereocenters. The second-order valence-corrected chi connectivity index (χ2v) is 5.52. The third-order valence-electron chi connectivity index (χ3n) is 3.41. The first-order valence-electron chi connectivity index (χ1n) is 8.75. The molecule has 0 unspecified atom stereocenters. The molecule has 30 heavy (non-hydrogen) atoms. The quantitative estimate of drug-likeness (QED) is 0.220. The Morgan fingerprint density at radius 2 is 1.47 bits per heavy atom. The van der Waals surface area contributed by atoms with Crippen LogP contribution in [0.4, 0.5) is 14.5 Å². The van der Waals surface area contributed by atoms with Gasteiger partial charge in [0.25, 0.3) is 0 Å². The molecule has 2 aromatic rings. The number of benzene rings is 2. The van der Waals surface area contributed by atoms with E-state index in [0.717, 1.165) is 0 Å². The van der Waals surface area contributed by atoms with Gasteiger partial charge in [0.1, 0.15) is 12.2 Å². The van der Waals surface area contributed by atoms with E-state index < -0.39 is 45.5 Å². The number of nitro groups is 1. The van der Waals surface area contributed by atoms with E-state index in [4.69, 9.17) is 0 Å². The van der Waals surface area contributed by atoms with Gasteiger partial charge in [-0.05, 0) is 19.9 Å². The van der Waals surface area contributed by atoms with Crippen molar-refractivity contribution in [3.8, 4) is 0 Å². The summed E-state index contributed by atoms with van der Waals surface area (Å²) < 4.78 is 36.1. The number of esters is 2. The highest BCUT2D eigenvalue weighted by molar-refractivity contribution is 6.09. The Kier molecular flexibility index (Phi) is 9.74. The zero-order valence-electron chi connectivity index (χ0n) is 16.2. The molecule has 0 aliphatic heterocycles. The third kappa shape index (κ3) is 7.38. The van der Waals surface area contributed by atoms with E-state index in [1.807, 2.05) is 0 Å². The summed E-state index contributed by atoms with van der Waals surface area (Å²) >= 11 is 0. The van der Waals surface area contributed by atoms with Gasteiger partial charge in [0.15, 0.2) is 5.78 Å². The van der Waals surface area contributed by atoms with Gasteiger partial charge in [0.2, 0.25) is 5.82 Å². The molecule has 0 aromatic heterocycles. The summed E-state index contributed by atoms with van der Waals surface area (Å²) in [6, 6.07) is 8.67. The molecular formula is C20H19F2NO7. The van der Waals surface area contributed by atoms with Crippen LogP contribution in [-0.2, 0) is 19.1 Å². The van der Waals surface area contributed by atoms with E-state index in [1.165, 1.54) is 12.1 Å². The molecule has 160 valence electrons. The first-order valence-corrected chi connectivity index (χ1v) is 8.75. The molecule has 0 heterocycles. The molecule has 0 radical (unpaired) electrons. The molecule has 0 amide bonds. The Morgan fingerprint density at radius 3 is 1.93 bits per heavy atom. The molecule has 2 rings (SSSR count). The fourth-order valence-corrected chi connectivity index (χ4v) is 2.14. The summed E-state index contributed by atoms with van der Waals surface area (Å²) in [5, 5.41) is 10.4. The topological polar surface area (TPSA) is 113 Å². The molecule has 0 spiro atoms. The largest absolute Gasteiger partial charge is 0.466 e. The number of carbonyl (C=O) groups excluding carboxylic acids is 3. The summed E-state index contributed by atoms with van der Waals surface area (Å²) in [6.45, 7) is 3.95. The normalized spacial score (nSPS) is 9.73. The van der Waals surface area contributed by atoms with E-state index in [2.05, 4.69) is 9.47 Å². The summed E-state index contributed by atoms with van der Waals surface area (Å²) in [5.74, 6) is -4.17. The Morgan fingerprint density at radius 1 is 0.933 bits per heavy atom. The lowest BCUT2D eigenvalue weighted by Gasteiger charge is -2.03. The minimum Gasteiger partial charge on any atom is -0.466 e. The van der Waals surface area contributed by atoms with E-state index in [0.29, 0.717) is 12.1 Å². The van der Waals surface area contributed by atoms with Crippen LogP contribution in [0.5, 0.6) is 0 Å². The van der Waals surface area contributed by atoms with E-state index >= 15 is 0 Å². The third-order valence-corrected chi connectivity index (χ3v) is 3.41. The smallest absolute Gasteiger partial charge is 0.317 e. The highest BCUT2D eigenvalue weighted by atomic mass is 19.1. The molecule has 10 heteroatoms. The monoisotopic (exact) mass is 423 g/mol. The second kappa shape index (κ2) is 12.0. The first kappa shape index (κ1) is 24.3. The predicted octanol–water partition coefficient (Wildman–Crippen LogP) is 3.61. The van der Waals surface area contributed by atoms with Crippen LogP contribution in [0, 0.1) is 21.7 Å². The number of hydrogen-bond acceptors (Lipinski definition) is 7. The highest BCUT2D eigenvalue weighted by Crippen LogP contribution is 2.23. The van der Waals surface area contributed by atoms with Crippen LogP contribution >= 0.6 is 0 Å². The Labute approximate surface area is 170 Å². The fourth-order valence-electron chi connectivity index (χ4n) is 2.14. The lowest BCUT2D eigenvalue weighted by molar-refractivity contribution is -0.387. The standard InChI is InChI=1S/C13H7F2NO3.C7H12O4/c14-10-7-12(16(18)19)11(15)6-9(10)13(17)8-4-2-1-3-5-8;1-3-10-6(8)5-7(9)11-4-2/h1-7H;3-5H2,1-2H3. The summed E-state index contributed by atoms with van der Waals surface area (Å²) in [6.07, 6.45) is -0.290. The molecule has 0 N–H and O–H groups in total. The van der Waals surface area contributed by atoms with Crippen molar-refractivity contribution < 1.29 is 37.6 Å². The van der Waals surface area contributed by atoms with Crippen molar-refractivity contribution in [2.24, 2.45) is 0 Å². The number of rotatable bonds is 7.